The summed E-state index contributed by atoms with van der Waals surface area (Å²) >= 11 is 1.50. The highest BCUT2D eigenvalue weighted by molar-refractivity contribution is 7.98. The number of methoxy groups -OCH3 is 1. The van der Waals surface area contributed by atoms with Gasteiger partial charge in [0.25, 0.3) is 5.91 Å². The van der Waals surface area contributed by atoms with E-state index >= 15 is 0 Å². The maximum absolute atomic E-state index is 13.1. The quantitative estimate of drug-likeness (QED) is 0.520. The van der Waals surface area contributed by atoms with Gasteiger partial charge in [-0.1, -0.05) is 6.07 Å². The number of aliphatic hydroxyl groups is 1. The summed E-state index contributed by atoms with van der Waals surface area (Å²) in [5.41, 5.74) is 1.16. The van der Waals surface area contributed by atoms with Crippen LogP contribution in [0.25, 0.3) is 11.1 Å². The summed E-state index contributed by atoms with van der Waals surface area (Å²) in [7, 11) is 1.54. The van der Waals surface area contributed by atoms with Crippen LogP contribution < -0.4 is 15.4 Å². The van der Waals surface area contributed by atoms with Crippen molar-refractivity contribution in [3.63, 3.8) is 0 Å². The van der Waals surface area contributed by atoms with Gasteiger partial charge < -0.3 is 29.8 Å². The number of carbonyl (C=O) groups is 2. The van der Waals surface area contributed by atoms with Crippen LogP contribution in [0.2, 0.25) is 0 Å². The van der Waals surface area contributed by atoms with Crippen LogP contribution in [0.15, 0.2) is 45.8 Å². The number of urea groups is 1. The molecule has 1 saturated heterocycles. The molecular weight excluding hydrogens is 420 g/mol. The molecule has 0 bridgehead atoms. The summed E-state index contributed by atoms with van der Waals surface area (Å²) in [5.74, 6) is 0.702. The van der Waals surface area contributed by atoms with Crippen molar-refractivity contribution in [2.75, 3.05) is 19.9 Å². The third-order valence-corrected chi connectivity index (χ3v) is 6.35. The lowest BCUT2D eigenvalue weighted by molar-refractivity contribution is 0.0353. The first kappa shape index (κ1) is 19.7. The number of carbonyl (C=O) groups excluding carboxylic acids is 2. The number of hydrogen-bond acceptors (Lipinski definition) is 7. The standard InChI is InChI=1S/C21H20N4O5S/c1-29-12-4-3-11-9-25(18(26)13(11)7-12)10-21(19(27)23-20(28)24-21)16-8-14-15(30-16)5-6-17(22-14)31-2/h3-8,19,27H,9-10H2,1-2H3,(H2,23,24,28)/t19?,21-/m0/s1. The summed E-state index contributed by atoms with van der Waals surface area (Å²) in [4.78, 5) is 31.3. The molecule has 1 aromatic carbocycles. The maximum Gasteiger partial charge on any atom is 0.317 e. The van der Waals surface area contributed by atoms with E-state index in [0.29, 0.717) is 34.7 Å². The number of hydrogen-bond donors (Lipinski definition) is 3. The molecule has 1 unspecified atom stereocenters. The van der Waals surface area contributed by atoms with Crippen molar-refractivity contribution in [2.45, 2.75) is 23.3 Å². The Kier molecular flexibility index (Phi) is 4.56. The molecule has 0 spiro atoms. The molecule has 3 N–H and O–H groups in total. The lowest BCUT2D eigenvalue weighted by atomic mass is 9.94. The number of pyridine rings is 1. The zero-order valence-corrected chi connectivity index (χ0v) is 17.7. The number of furan rings is 1. The zero-order valence-electron chi connectivity index (χ0n) is 16.8. The SMILES string of the molecule is COc1ccc2c(c1)C(=O)N(C[C@@]1(c3cc4nc(SC)ccc4o3)NC(=O)NC1O)C2. The molecule has 9 nitrogen and oxygen atoms in total. The fourth-order valence-corrected chi connectivity index (χ4v) is 4.48. The molecule has 160 valence electrons. The Labute approximate surface area is 181 Å². The van der Waals surface area contributed by atoms with Crippen LogP contribution in [0, 0.1) is 0 Å². The Morgan fingerprint density at radius 3 is 2.87 bits per heavy atom. The second-order valence-corrected chi connectivity index (χ2v) is 8.33. The molecule has 3 aromatic rings. The van der Waals surface area contributed by atoms with Crippen molar-refractivity contribution in [1.82, 2.24) is 20.5 Å². The van der Waals surface area contributed by atoms with Gasteiger partial charge >= 0.3 is 6.03 Å². The van der Waals surface area contributed by atoms with Gasteiger partial charge in [0.2, 0.25) is 0 Å². The van der Waals surface area contributed by atoms with E-state index in [1.165, 1.54) is 11.8 Å². The predicted molar refractivity (Wildman–Crippen MR) is 113 cm³/mol. The number of aromatic nitrogens is 1. The van der Waals surface area contributed by atoms with Gasteiger partial charge in [0, 0.05) is 18.2 Å². The fourth-order valence-electron chi connectivity index (χ4n) is 4.09. The Morgan fingerprint density at radius 2 is 2.16 bits per heavy atom. The summed E-state index contributed by atoms with van der Waals surface area (Å²) in [6, 6.07) is 10.1. The van der Waals surface area contributed by atoms with E-state index in [-0.39, 0.29) is 12.5 Å². The van der Waals surface area contributed by atoms with Crippen molar-refractivity contribution in [2.24, 2.45) is 0 Å². The van der Waals surface area contributed by atoms with Gasteiger partial charge in [-0.2, -0.15) is 0 Å². The van der Waals surface area contributed by atoms with Crippen molar-refractivity contribution < 1.29 is 23.8 Å². The lowest BCUT2D eigenvalue weighted by Crippen LogP contribution is -2.54. The van der Waals surface area contributed by atoms with E-state index in [2.05, 4.69) is 15.6 Å². The van der Waals surface area contributed by atoms with Crippen LogP contribution in [-0.2, 0) is 12.1 Å². The maximum atomic E-state index is 13.1. The second kappa shape index (κ2) is 7.17. The minimum atomic E-state index is -1.36. The zero-order chi connectivity index (χ0) is 21.8. The number of fused-ring (bicyclic) bond motifs is 2. The number of ether oxygens (including phenoxy) is 1. The van der Waals surface area contributed by atoms with Crippen LogP contribution in [0.4, 0.5) is 4.79 Å². The topological polar surface area (TPSA) is 117 Å². The van der Waals surface area contributed by atoms with Crippen molar-refractivity contribution >= 4 is 34.8 Å². The van der Waals surface area contributed by atoms with E-state index in [4.69, 9.17) is 9.15 Å². The molecule has 4 heterocycles. The van der Waals surface area contributed by atoms with Gasteiger partial charge in [0.15, 0.2) is 17.3 Å². The molecule has 0 saturated carbocycles. The van der Waals surface area contributed by atoms with Gasteiger partial charge in [-0.25, -0.2) is 9.78 Å². The Bertz CT molecular complexity index is 1210. The summed E-state index contributed by atoms with van der Waals surface area (Å²) in [5, 5.41) is 16.9. The number of rotatable bonds is 5. The number of aliphatic hydroxyl groups excluding tert-OH is 1. The number of nitrogens with zero attached hydrogens (tertiary/aromatic N) is 2. The van der Waals surface area contributed by atoms with Crippen LogP contribution in [0.1, 0.15) is 21.7 Å². The molecule has 31 heavy (non-hydrogen) atoms. The molecule has 5 rings (SSSR count). The highest BCUT2D eigenvalue weighted by atomic mass is 32.2. The number of amides is 3. The monoisotopic (exact) mass is 440 g/mol. The Morgan fingerprint density at radius 1 is 1.32 bits per heavy atom. The molecule has 0 radical (unpaired) electrons. The predicted octanol–water partition coefficient (Wildman–Crippen LogP) is 2.04. The molecule has 0 aliphatic carbocycles. The lowest BCUT2D eigenvalue weighted by Gasteiger charge is -2.33. The Hall–Kier alpha value is -3.24. The molecule has 2 aliphatic heterocycles. The molecular formula is C21H20N4O5S. The van der Waals surface area contributed by atoms with Gasteiger partial charge in [-0.3, -0.25) is 4.79 Å². The van der Waals surface area contributed by atoms with Gasteiger partial charge in [-0.05, 0) is 36.1 Å². The van der Waals surface area contributed by atoms with Gasteiger partial charge in [0.1, 0.15) is 17.0 Å². The van der Waals surface area contributed by atoms with E-state index in [9.17, 15) is 14.7 Å². The summed E-state index contributed by atoms with van der Waals surface area (Å²) in [6.45, 7) is 0.357. The van der Waals surface area contributed by atoms with Crippen molar-refractivity contribution in [3.8, 4) is 5.75 Å². The fraction of sp³-hybridized carbons (Fsp3) is 0.286. The van der Waals surface area contributed by atoms with Gasteiger partial charge in [-0.15, -0.1) is 11.8 Å². The number of nitrogens with one attached hydrogen (secondary N) is 2. The van der Waals surface area contributed by atoms with Gasteiger partial charge in [0.05, 0.1) is 18.7 Å². The minimum absolute atomic E-state index is 0.0118. The molecule has 10 heteroatoms. The third kappa shape index (κ3) is 3.10. The summed E-state index contributed by atoms with van der Waals surface area (Å²) < 4.78 is 11.2. The first-order chi connectivity index (χ1) is 14.9. The average Bonchev–Trinajstić information content (AvgIpc) is 3.41. The molecule has 3 amide bonds. The van der Waals surface area contributed by atoms with Crippen LogP contribution >= 0.6 is 11.8 Å². The summed E-state index contributed by atoms with van der Waals surface area (Å²) in [6.07, 6.45) is 0.624. The minimum Gasteiger partial charge on any atom is -0.497 e. The molecule has 2 atom stereocenters. The number of thioether (sulfide) groups is 1. The normalized spacial score (nSPS) is 22.5. The number of benzene rings is 1. The largest absolute Gasteiger partial charge is 0.497 e. The van der Waals surface area contributed by atoms with E-state index in [1.807, 2.05) is 18.4 Å². The highest BCUT2D eigenvalue weighted by Gasteiger charge is 2.52. The molecule has 2 aliphatic rings. The van der Waals surface area contributed by atoms with E-state index < -0.39 is 17.8 Å². The first-order valence-electron chi connectivity index (χ1n) is 9.61. The molecule has 2 aromatic heterocycles. The first-order valence-corrected chi connectivity index (χ1v) is 10.8. The molecule has 1 fully saturated rings. The van der Waals surface area contributed by atoms with E-state index in [0.717, 1.165) is 10.6 Å². The van der Waals surface area contributed by atoms with Crippen molar-refractivity contribution in [1.29, 1.82) is 0 Å². The Balaban J connectivity index is 1.53. The second-order valence-electron chi connectivity index (χ2n) is 7.50. The smallest absolute Gasteiger partial charge is 0.317 e. The van der Waals surface area contributed by atoms with Crippen LogP contribution in [-0.4, -0.2) is 53.1 Å². The van der Waals surface area contributed by atoms with Crippen LogP contribution in [0.5, 0.6) is 5.75 Å². The van der Waals surface area contributed by atoms with E-state index in [1.54, 1.807) is 36.3 Å². The average molecular weight is 440 g/mol. The van der Waals surface area contributed by atoms with Crippen LogP contribution in [0.3, 0.4) is 0 Å². The highest BCUT2D eigenvalue weighted by Crippen LogP contribution is 2.36. The van der Waals surface area contributed by atoms with Crippen molar-refractivity contribution in [3.05, 3.63) is 53.3 Å². The third-order valence-electron chi connectivity index (χ3n) is 5.70.